The van der Waals surface area contributed by atoms with Crippen molar-refractivity contribution < 1.29 is 4.74 Å². The minimum atomic E-state index is -0.247. The molecule has 0 spiro atoms. The molecule has 29 heavy (non-hydrogen) atoms. The number of aromatic amines is 1. The molecule has 0 aliphatic carbocycles. The molecule has 154 valence electrons. The number of benzene rings is 1. The third-order valence-corrected chi connectivity index (χ3v) is 6.14. The Hall–Kier alpha value is -2.71. The number of H-pyrrole nitrogens is 1. The quantitative estimate of drug-likeness (QED) is 0.633. The summed E-state index contributed by atoms with van der Waals surface area (Å²) in [6.45, 7) is 9.41. The second-order valence-corrected chi connectivity index (χ2v) is 10.0. The van der Waals surface area contributed by atoms with Gasteiger partial charge in [0.1, 0.15) is 23.5 Å². The Morgan fingerprint density at radius 1 is 1.38 bits per heavy atom. The van der Waals surface area contributed by atoms with Crippen LogP contribution in [-0.4, -0.2) is 56.0 Å². The summed E-state index contributed by atoms with van der Waals surface area (Å²) in [5, 5.41) is 17.7. The van der Waals surface area contributed by atoms with Gasteiger partial charge in [-0.25, -0.2) is 0 Å². The van der Waals surface area contributed by atoms with Gasteiger partial charge in [-0.3, -0.25) is 4.99 Å². The van der Waals surface area contributed by atoms with Gasteiger partial charge in [0.2, 0.25) is 0 Å². The maximum absolute atomic E-state index is 9.50. The van der Waals surface area contributed by atoms with Crippen LogP contribution in [0.25, 0.3) is 0 Å². The Bertz CT molecular complexity index is 943. The van der Waals surface area contributed by atoms with Gasteiger partial charge >= 0.3 is 0 Å². The van der Waals surface area contributed by atoms with Crippen molar-refractivity contribution in [3.63, 3.8) is 0 Å². The molecule has 1 aliphatic rings. The molecular weight excluding hydrogens is 383 g/mol. The zero-order valence-electron chi connectivity index (χ0n) is 17.9. The first-order valence-corrected chi connectivity index (χ1v) is 11.9. The zero-order valence-corrected chi connectivity index (χ0v) is 18.8. The van der Waals surface area contributed by atoms with Crippen molar-refractivity contribution in [2.75, 3.05) is 44.7 Å². The van der Waals surface area contributed by atoms with E-state index in [1.54, 1.807) is 13.3 Å². The Labute approximate surface area is 173 Å². The Kier molecular flexibility index (Phi) is 6.34. The second kappa shape index (κ2) is 8.75. The monoisotopic (exact) mass is 412 g/mol. The van der Waals surface area contributed by atoms with Crippen molar-refractivity contribution in [2.45, 2.75) is 20.1 Å². The number of nitriles is 1. The van der Waals surface area contributed by atoms with E-state index in [2.05, 4.69) is 67.1 Å². The molecule has 0 bridgehead atoms. The van der Waals surface area contributed by atoms with E-state index in [1.807, 2.05) is 11.9 Å². The molecule has 0 radical (unpaired) electrons. The highest BCUT2D eigenvalue weighted by atomic mass is 31.1. The average molecular weight is 412 g/mol. The van der Waals surface area contributed by atoms with Gasteiger partial charge in [-0.1, -0.05) is 27.8 Å². The number of nitrogens with zero attached hydrogens (tertiary/aromatic N) is 3. The van der Waals surface area contributed by atoms with Crippen LogP contribution in [0.15, 0.2) is 29.4 Å². The van der Waals surface area contributed by atoms with E-state index in [0.717, 1.165) is 28.7 Å². The van der Waals surface area contributed by atoms with Crippen molar-refractivity contribution in [3.8, 4) is 11.8 Å². The molecule has 1 aromatic carbocycles. The van der Waals surface area contributed by atoms with Crippen LogP contribution in [0.2, 0.25) is 0 Å². The van der Waals surface area contributed by atoms with E-state index in [0.29, 0.717) is 18.0 Å². The van der Waals surface area contributed by atoms with Crippen LogP contribution in [0.5, 0.6) is 5.75 Å². The minimum Gasteiger partial charge on any atom is -0.495 e. The molecule has 7 nitrogen and oxygen atoms in total. The van der Waals surface area contributed by atoms with Gasteiger partial charge < -0.3 is 25.3 Å². The van der Waals surface area contributed by atoms with E-state index >= 15 is 0 Å². The minimum absolute atomic E-state index is 0.199. The van der Waals surface area contributed by atoms with Crippen molar-refractivity contribution in [3.05, 3.63) is 35.5 Å². The smallest absolute Gasteiger partial charge is 0.178 e. The fraction of sp³-hybridized carbons (Fsp3) is 0.429. The van der Waals surface area contributed by atoms with Crippen LogP contribution in [0.4, 0.5) is 11.5 Å². The molecule has 2 aromatic rings. The highest BCUT2D eigenvalue weighted by Gasteiger charge is 2.31. The lowest BCUT2D eigenvalue weighted by Crippen LogP contribution is -2.51. The van der Waals surface area contributed by atoms with Gasteiger partial charge in [0.15, 0.2) is 6.29 Å². The van der Waals surface area contributed by atoms with E-state index < -0.39 is 0 Å². The number of amidine groups is 1. The predicted molar refractivity (Wildman–Crippen MR) is 122 cm³/mol. The maximum atomic E-state index is 9.50. The molecule has 0 fully saturated rings. The summed E-state index contributed by atoms with van der Waals surface area (Å²) in [5.41, 5.74) is 2.30. The number of fused-ring (bicyclic) bond motifs is 1. The van der Waals surface area contributed by atoms with Crippen LogP contribution in [0.3, 0.4) is 0 Å². The van der Waals surface area contributed by atoms with Crippen molar-refractivity contribution in [1.29, 1.82) is 5.26 Å². The maximum Gasteiger partial charge on any atom is 0.178 e. The van der Waals surface area contributed by atoms with Gasteiger partial charge in [-0.2, -0.15) is 5.26 Å². The Morgan fingerprint density at radius 2 is 2.14 bits per heavy atom. The third-order valence-electron chi connectivity index (χ3n) is 4.83. The van der Waals surface area contributed by atoms with Crippen LogP contribution >= 0.6 is 7.92 Å². The molecule has 3 rings (SSSR count). The first kappa shape index (κ1) is 21.0. The van der Waals surface area contributed by atoms with E-state index in [4.69, 9.17) is 9.73 Å². The van der Waals surface area contributed by atoms with Gasteiger partial charge in [0.05, 0.1) is 23.9 Å². The molecule has 0 saturated heterocycles. The second-order valence-electron chi connectivity index (χ2n) is 7.70. The fourth-order valence-corrected chi connectivity index (χ4v) is 3.96. The molecule has 2 heterocycles. The summed E-state index contributed by atoms with van der Waals surface area (Å²) >= 11 is 0. The van der Waals surface area contributed by atoms with Crippen LogP contribution in [0.1, 0.15) is 25.0 Å². The number of hydrogen-bond donors (Lipinski definition) is 3. The van der Waals surface area contributed by atoms with Crippen molar-refractivity contribution >= 4 is 30.6 Å². The molecule has 1 atom stereocenters. The molecule has 0 amide bonds. The van der Waals surface area contributed by atoms with E-state index in [-0.39, 0.29) is 14.2 Å². The normalized spacial score (nSPS) is 17.3. The first-order valence-electron chi connectivity index (χ1n) is 9.63. The molecule has 8 heteroatoms. The molecule has 1 aliphatic heterocycles. The van der Waals surface area contributed by atoms with Gasteiger partial charge in [-0.05, 0) is 36.7 Å². The number of aromatic nitrogens is 1. The van der Waals surface area contributed by atoms with Gasteiger partial charge in [-0.15, -0.1) is 0 Å². The summed E-state index contributed by atoms with van der Waals surface area (Å²) in [5.74, 6) is 2.82. The van der Waals surface area contributed by atoms with Gasteiger partial charge in [0.25, 0.3) is 0 Å². The average Bonchev–Trinajstić information content (AvgIpc) is 3.10. The third kappa shape index (κ3) is 4.33. The SMILES string of the molecule is COc1cc(P(C)C)ccc1NC1Nc2[nH]cc(C#N)c2C(=NCC(C)C)N1C. The number of aliphatic imine (C=N–C) groups is 1. The number of nitrogens with one attached hydrogen (secondary N) is 3. The molecule has 3 N–H and O–H groups in total. The first-order chi connectivity index (χ1) is 13.8. The van der Waals surface area contributed by atoms with Gasteiger partial charge in [0, 0.05) is 19.8 Å². The topological polar surface area (TPSA) is 88.5 Å². The van der Waals surface area contributed by atoms with Crippen molar-refractivity contribution in [2.24, 2.45) is 10.9 Å². The Balaban J connectivity index is 1.95. The Morgan fingerprint density at radius 3 is 2.76 bits per heavy atom. The molecular formula is C21H29N6OP. The standard InChI is InChI=1S/C21H29N6OP/c1-13(2)11-24-20-18-14(10-22)12-23-19(18)26-21(27(20)3)25-16-8-7-15(29(5)6)9-17(16)28-4/h7-9,12-13,21,23,25-26H,11H2,1-6H3. The summed E-state index contributed by atoms with van der Waals surface area (Å²) in [6.07, 6.45) is 1.47. The molecule has 1 aromatic heterocycles. The zero-order chi connectivity index (χ0) is 21.1. The van der Waals surface area contributed by atoms with E-state index in [9.17, 15) is 5.26 Å². The van der Waals surface area contributed by atoms with Crippen LogP contribution in [0, 0.1) is 17.2 Å². The van der Waals surface area contributed by atoms with E-state index in [1.165, 1.54) is 5.30 Å². The number of rotatable bonds is 6. The number of ether oxygens (including phenoxy) is 1. The number of hydrogen-bond acceptors (Lipinski definition) is 5. The molecule has 1 unspecified atom stereocenters. The van der Waals surface area contributed by atoms with Crippen LogP contribution in [-0.2, 0) is 0 Å². The lowest BCUT2D eigenvalue weighted by Gasteiger charge is -2.37. The number of anilines is 2. The fourth-order valence-electron chi connectivity index (χ4n) is 3.21. The predicted octanol–water partition coefficient (Wildman–Crippen LogP) is 3.42. The van der Waals surface area contributed by atoms with Crippen LogP contribution < -0.4 is 20.7 Å². The lowest BCUT2D eigenvalue weighted by molar-refractivity contribution is 0.406. The molecule has 0 saturated carbocycles. The summed E-state index contributed by atoms with van der Waals surface area (Å²) in [7, 11) is 3.46. The summed E-state index contributed by atoms with van der Waals surface area (Å²) < 4.78 is 5.63. The highest BCUT2D eigenvalue weighted by Crippen LogP contribution is 2.33. The summed E-state index contributed by atoms with van der Waals surface area (Å²) in [6, 6.07) is 8.55. The largest absolute Gasteiger partial charge is 0.495 e. The van der Waals surface area contributed by atoms with Crippen molar-refractivity contribution in [1.82, 2.24) is 9.88 Å². The lowest BCUT2D eigenvalue weighted by atomic mass is 10.1. The number of methoxy groups -OCH3 is 1. The highest BCUT2D eigenvalue weighted by molar-refractivity contribution is 7.64. The summed E-state index contributed by atoms with van der Waals surface area (Å²) in [4.78, 5) is 10.0.